The normalized spacial score (nSPS) is 17.8. The van der Waals surface area contributed by atoms with Gasteiger partial charge in [0.2, 0.25) is 0 Å². The van der Waals surface area contributed by atoms with E-state index in [-0.39, 0.29) is 5.97 Å². The van der Waals surface area contributed by atoms with E-state index in [9.17, 15) is 4.79 Å². The zero-order valence-electron chi connectivity index (χ0n) is 24.5. The van der Waals surface area contributed by atoms with Gasteiger partial charge in [0.1, 0.15) is 11.5 Å². The number of rotatable bonds is 6. The number of carbonyl (C=O) groups excluding carboxylic acids is 1. The number of carbonyl (C=O) groups is 1. The molecule has 1 spiro atoms. The maximum atomic E-state index is 13.5. The van der Waals surface area contributed by atoms with Crippen LogP contribution in [0.4, 0.5) is 11.4 Å². The summed E-state index contributed by atoms with van der Waals surface area (Å²) in [6, 6.07) is 36.0. The first-order valence-electron chi connectivity index (χ1n) is 15.3. The molecule has 0 aromatic heterocycles. The van der Waals surface area contributed by atoms with Gasteiger partial charge in [-0.05, 0) is 84.6 Å². The molecule has 1 saturated heterocycles. The predicted molar refractivity (Wildman–Crippen MR) is 179 cm³/mol. The molecule has 0 amide bonds. The van der Waals surface area contributed by atoms with Crippen molar-refractivity contribution in [2.75, 3.05) is 22.9 Å². The Balaban J connectivity index is 1.27. The second-order valence-electron chi connectivity index (χ2n) is 11.9. The first kappa shape index (κ1) is 28.1. The van der Waals surface area contributed by atoms with Crippen LogP contribution in [-0.2, 0) is 23.4 Å². The van der Waals surface area contributed by atoms with Crippen molar-refractivity contribution >= 4 is 40.5 Å². The molecule has 0 saturated carbocycles. The van der Waals surface area contributed by atoms with Crippen molar-refractivity contribution in [3.8, 4) is 11.5 Å². The standard InChI is InChI=1S/C38H30Cl2N2O3/c39-27-11-7-25(8-12-27)23-42(24-26-9-13-28(40)14-10-26)29-16-18-35-34(21-29)38(32-6-2-1-5-31(32)37(43)45-38)33-17-15-30(22-36(33)44-35)41-19-3-4-20-41/h1-2,5-18,21-22H,3-4,19-20,23-24H2. The zero-order valence-corrected chi connectivity index (χ0v) is 26.0. The number of nitrogens with zero attached hydrogens (tertiary/aromatic N) is 2. The van der Waals surface area contributed by atoms with Crippen molar-refractivity contribution in [2.24, 2.45) is 0 Å². The maximum absolute atomic E-state index is 13.5. The molecular weight excluding hydrogens is 603 g/mol. The smallest absolute Gasteiger partial charge is 0.340 e. The van der Waals surface area contributed by atoms with Gasteiger partial charge in [0.25, 0.3) is 0 Å². The Kier molecular flexibility index (Phi) is 6.96. The summed E-state index contributed by atoms with van der Waals surface area (Å²) >= 11 is 12.4. The molecule has 1 fully saturated rings. The lowest BCUT2D eigenvalue weighted by Gasteiger charge is -2.38. The fraction of sp³-hybridized carbons (Fsp3) is 0.184. The fourth-order valence-electron chi connectivity index (χ4n) is 6.88. The molecule has 224 valence electrons. The lowest BCUT2D eigenvalue weighted by molar-refractivity contribution is 0.0224. The Bertz CT molecular complexity index is 1870. The molecule has 3 aliphatic rings. The molecule has 0 N–H and O–H groups in total. The zero-order chi connectivity index (χ0) is 30.5. The fourth-order valence-corrected chi connectivity index (χ4v) is 7.13. The van der Waals surface area contributed by atoms with Crippen molar-refractivity contribution in [1.29, 1.82) is 0 Å². The number of benzene rings is 5. The van der Waals surface area contributed by atoms with Crippen LogP contribution in [0.1, 0.15) is 51.0 Å². The Morgan fingerprint density at radius 1 is 0.689 bits per heavy atom. The van der Waals surface area contributed by atoms with E-state index < -0.39 is 5.60 Å². The van der Waals surface area contributed by atoms with E-state index in [1.807, 2.05) is 78.9 Å². The molecule has 7 heteroatoms. The number of hydrogen-bond acceptors (Lipinski definition) is 5. The van der Waals surface area contributed by atoms with Crippen LogP contribution >= 0.6 is 23.2 Å². The van der Waals surface area contributed by atoms with Crippen molar-refractivity contribution in [2.45, 2.75) is 31.5 Å². The molecule has 3 aliphatic heterocycles. The molecule has 0 bridgehead atoms. The Morgan fingerprint density at radius 3 is 2.04 bits per heavy atom. The van der Waals surface area contributed by atoms with Gasteiger partial charge in [-0.15, -0.1) is 0 Å². The van der Waals surface area contributed by atoms with Gasteiger partial charge in [-0.3, -0.25) is 0 Å². The van der Waals surface area contributed by atoms with Gasteiger partial charge >= 0.3 is 5.97 Å². The summed E-state index contributed by atoms with van der Waals surface area (Å²) in [4.78, 5) is 18.2. The van der Waals surface area contributed by atoms with Crippen molar-refractivity contribution in [3.05, 3.63) is 153 Å². The van der Waals surface area contributed by atoms with Gasteiger partial charge < -0.3 is 19.3 Å². The number of fused-ring (bicyclic) bond motifs is 6. The number of ether oxygens (including phenoxy) is 2. The van der Waals surface area contributed by atoms with Crippen LogP contribution in [0.2, 0.25) is 10.0 Å². The Hall–Kier alpha value is -4.45. The van der Waals surface area contributed by atoms with E-state index in [0.29, 0.717) is 40.2 Å². The van der Waals surface area contributed by atoms with Crippen molar-refractivity contribution in [1.82, 2.24) is 0 Å². The average Bonchev–Trinajstić information content (AvgIpc) is 3.70. The van der Waals surface area contributed by atoms with E-state index in [0.717, 1.165) is 52.3 Å². The molecule has 0 radical (unpaired) electrons. The maximum Gasteiger partial charge on any atom is 0.340 e. The van der Waals surface area contributed by atoms with Crippen LogP contribution in [0.3, 0.4) is 0 Å². The number of hydrogen-bond donors (Lipinski definition) is 0. The lowest BCUT2D eigenvalue weighted by Crippen LogP contribution is -2.33. The quantitative estimate of drug-likeness (QED) is 0.174. The van der Waals surface area contributed by atoms with Crippen LogP contribution < -0.4 is 14.5 Å². The first-order chi connectivity index (χ1) is 22.0. The van der Waals surface area contributed by atoms with E-state index in [1.165, 1.54) is 12.8 Å². The van der Waals surface area contributed by atoms with Crippen molar-refractivity contribution in [3.63, 3.8) is 0 Å². The second-order valence-corrected chi connectivity index (χ2v) is 12.8. The molecule has 1 unspecified atom stereocenters. The van der Waals surface area contributed by atoms with Crippen LogP contribution in [0.5, 0.6) is 11.5 Å². The minimum atomic E-state index is -1.14. The largest absolute Gasteiger partial charge is 0.456 e. The molecule has 8 rings (SSSR count). The summed E-state index contributed by atoms with van der Waals surface area (Å²) in [5.41, 5.74) is 6.23. The van der Waals surface area contributed by atoms with Crippen LogP contribution in [-0.4, -0.2) is 19.1 Å². The lowest BCUT2D eigenvalue weighted by atomic mass is 9.77. The monoisotopic (exact) mass is 632 g/mol. The highest BCUT2D eigenvalue weighted by atomic mass is 35.5. The number of halogens is 2. The van der Waals surface area contributed by atoms with E-state index in [1.54, 1.807) is 0 Å². The number of esters is 1. The van der Waals surface area contributed by atoms with Crippen LogP contribution in [0, 0.1) is 0 Å². The average molecular weight is 634 g/mol. The van der Waals surface area contributed by atoms with E-state index in [4.69, 9.17) is 32.7 Å². The van der Waals surface area contributed by atoms with E-state index in [2.05, 4.69) is 40.1 Å². The summed E-state index contributed by atoms with van der Waals surface area (Å²) in [5, 5.41) is 1.40. The highest BCUT2D eigenvalue weighted by Crippen LogP contribution is 2.57. The first-order valence-corrected chi connectivity index (χ1v) is 16.0. The van der Waals surface area contributed by atoms with E-state index >= 15 is 0 Å². The summed E-state index contributed by atoms with van der Waals surface area (Å²) in [7, 11) is 0. The molecule has 3 heterocycles. The summed E-state index contributed by atoms with van der Waals surface area (Å²) in [6.07, 6.45) is 2.36. The summed E-state index contributed by atoms with van der Waals surface area (Å²) in [6.45, 7) is 3.33. The summed E-state index contributed by atoms with van der Waals surface area (Å²) in [5.74, 6) is 1.05. The highest BCUT2D eigenvalue weighted by molar-refractivity contribution is 6.30. The van der Waals surface area contributed by atoms with Gasteiger partial charge in [0, 0.05) is 70.4 Å². The van der Waals surface area contributed by atoms with Crippen molar-refractivity contribution < 1.29 is 14.3 Å². The minimum absolute atomic E-state index is 0.336. The molecule has 45 heavy (non-hydrogen) atoms. The predicted octanol–water partition coefficient (Wildman–Crippen LogP) is 9.37. The third-order valence-electron chi connectivity index (χ3n) is 9.09. The summed E-state index contributed by atoms with van der Waals surface area (Å²) < 4.78 is 13.1. The SMILES string of the molecule is O=C1OC2(c3ccc(N4CCCC4)cc3Oc3ccc(N(Cc4ccc(Cl)cc4)Cc4ccc(Cl)cc4)cc32)c2ccccc21. The molecule has 5 aromatic carbocycles. The molecule has 1 atom stereocenters. The van der Waals surface area contributed by atoms with Crippen LogP contribution in [0.15, 0.2) is 109 Å². The Morgan fingerprint density at radius 2 is 1.36 bits per heavy atom. The third kappa shape index (κ3) is 4.91. The topological polar surface area (TPSA) is 42.0 Å². The van der Waals surface area contributed by atoms with Gasteiger partial charge in [-0.1, -0.05) is 65.7 Å². The van der Waals surface area contributed by atoms with Gasteiger partial charge in [-0.2, -0.15) is 0 Å². The van der Waals surface area contributed by atoms with Crippen LogP contribution in [0.25, 0.3) is 0 Å². The molecule has 5 aromatic rings. The van der Waals surface area contributed by atoms with Gasteiger partial charge in [0.05, 0.1) is 5.56 Å². The molecule has 5 nitrogen and oxygen atoms in total. The third-order valence-corrected chi connectivity index (χ3v) is 9.59. The number of anilines is 2. The minimum Gasteiger partial charge on any atom is -0.456 e. The van der Waals surface area contributed by atoms with Gasteiger partial charge in [-0.25, -0.2) is 4.79 Å². The molecule has 0 aliphatic carbocycles. The van der Waals surface area contributed by atoms with Gasteiger partial charge in [0.15, 0.2) is 5.60 Å². The highest BCUT2D eigenvalue weighted by Gasteiger charge is 2.53. The Labute approximate surface area is 272 Å². The molecular formula is C38H30Cl2N2O3. The second kappa shape index (κ2) is 11.2.